The minimum atomic E-state index is -4.43. The molecule has 1 aromatic carbocycles. The minimum absolute atomic E-state index is 0.0409. The molecule has 25 heavy (non-hydrogen) atoms. The van der Waals surface area contributed by atoms with Crippen molar-refractivity contribution < 1.29 is 27.5 Å². The van der Waals surface area contributed by atoms with Gasteiger partial charge in [-0.3, -0.25) is 9.59 Å². The number of hydrogen-bond donors (Lipinski definition) is 0. The Kier molecular flexibility index (Phi) is 4.47. The Hall–Kier alpha value is -1.77. The molecule has 2 unspecified atom stereocenters. The standard InChI is InChI=1S/C16H16BrF3N2O3/c1-15(17)8-22(14(15)24)12-5-6-21(13(12)23)10-3-2-4-11(7-10)25-9-16(18,19)20/h2-4,7,12H,5-6,8-9H2,1H3. The second-order valence-electron chi connectivity index (χ2n) is 6.33. The molecule has 0 bridgehead atoms. The Morgan fingerprint density at radius 3 is 2.68 bits per heavy atom. The Labute approximate surface area is 150 Å². The van der Waals surface area contributed by atoms with E-state index in [0.717, 1.165) is 0 Å². The summed E-state index contributed by atoms with van der Waals surface area (Å²) in [7, 11) is 0. The number of anilines is 1. The number of hydrogen-bond acceptors (Lipinski definition) is 3. The van der Waals surface area contributed by atoms with Crippen molar-refractivity contribution in [3.05, 3.63) is 24.3 Å². The summed E-state index contributed by atoms with van der Waals surface area (Å²) < 4.78 is 40.9. The third kappa shape index (κ3) is 3.61. The Bertz CT molecular complexity index is 708. The van der Waals surface area contributed by atoms with Crippen molar-refractivity contribution in [1.29, 1.82) is 0 Å². The lowest BCUT2D eigenvalue weighted by Crippen LogP contribution is -2.66. The predicted molar refractivity (Wildman–Crippen MR) is 87.8 cm³/mol. The average molecular weight is 421 g/mol. The maximum Gasteiger partial charge on any atom is 0.422 e. The number of nitrogens with zero attached hydrogens (tertiary/aromatic N) is 2. The quantitative estimate of drug-likeness (QED) is 0.555. The number of carbonyl (C=O) groups is 2. The van der Waals surface area contributed by atoms with Crippen molar-refractivity contribution in [2.24, 2.45) is 0 Å². The molecule has 0 aliphatic carbocycles. The second kappa shape index (κ2) is 6.19. The van der Waals surface area contributed by atoms with Gasteiger partial charge in [0, 0.05) is 24.8 Å². The van der Waals surface area contributed by atoms with Crippen LogP contribution in [0.2, 0.25) is 0 Å². The highest BCUT2D eigenvalue weighted by Gasteiger charge is 2.52. The van der Waals surface area contributed by atoms with Crippen molar-refractivity contribution >= 4 is 33.4 Å². The molecule has 0 N–H and O–H groups in total. The molecule has 2 aliphatic heterocycles. The largest absolute Gasteiger partial charge is 0.484 e. The number of ether oxygens (including phenoxy) is 1. The number of amides is 2. The highest BCUT2D eigenvalue weighted by atomic mass is 79.9. The van der Waals surface area contributed by atoms with Gasteiger partial charge in [-0.15, -0.1) is 0 Å². The number of benzene rings is 1. The summed E-state index contributed by atoms with van der Waals surface area (Å²) in [5.41, 5.74) is 0.460. The fraction of sp³-hybridized carbons (Fsp3) is 0.500. The maximum atomic E-state index is 12.6. The predicted octanol–water partition coefficient (Wildman–Crippen LogP) is 2.73. The van der Waals surface area contributed by atoms with Crippen LogP contribution in [0.25, 0.3) is 0 Å². The number of rotatable bonds is 4. The molecule has 1 aromatic rings. The summed E-state index contributed by atoms with van der Waals surface area (Å²) in [4.78, 5) is 27.7. The van der Waals surface area contributed by atoms with E-state index in [1.54, 1.807) is 13.0 Å². The molecule has 0 saturated carbocycles. The van der Waals surface area contributed by atoms with Gasteiger partial charge in [0.15, 0.2) is 6.61 Å². The summed E-state index contributed by atoms with van der Waals surface area (Å²) in [6, 6.07) is 5.44. The van der Waals surface area contributed by atoms with Crippen molar-refractivity contribution in [3.8, 4) is 5.75 Å². The molecule has 2 aliphatic rings. The van der Waals surface area contributed by atoms with E-state index in [4.69, 9.17) is 4.74 Å². The van der Waals surface area contributed by atoms with Gasteiger partial charge < -0.3 is 14.5 Å². The number of carbonyl (C=O) groups excluding carboxylic acids is 2. The van der Waals surface area contributed by atoms with Gasteiger partial charge in [0.2, 0.25) is 11.8 Å². The fourth-order valence-corrected chi connectivity index (χ4v) is 3.53. The topological polar surface area (TPSA) is 49.9 Å². The molecule has 0 spiro atoms. The van der Waals surface area contributed by atoms with Crippen LogP contribution in [-0.4, -0.2) is 53.0 Å². The van der Waals surface area contributed by atoms with Crippen LogP contribution in [0.5, 0.6) is 5.75 Å². The highest BCUT2D eigenvalue weighted by Crippen LogP contribution is 2.36. The monoisotopic (exact) mass is 420 g/mol. The van der Waals surface area contributed by atoms with Crippen molar-refractivity contribution in [1.82, 2.24) is 4.90 Å². The Balaban J connectivity index is 1.69. The zero-order chi connectivity index (χ0) is 18.4. The van der Waals surface area contributed by atoms with E-state index in [2.05, 4.69) is 15.9 Å². The van der Waals surface area contributed by atoms with E-state index in [9.17, 15) is 22.8 Å². The van der Waals surface area contributed by atoms with Crippen LogP contribution in [0.3, 0.4) is 0 Å². The molecule has 9 heteroatoms. The molecule has 2 atom stereocenters. The summed E-state index contributed by atoms with van der Waals surface area (Å²) in [5.74, 6) is -0.321. The maximum absolute atomic E-state index is 12.6. The van der Waals surface area contributed by atoms with E-state index in [1.165, 1.54) is 28.0 Å². The van der Waals surface area contributed by atoms with E-state index in [1.807, 2.05) is 0 Å². The van der Waals surface area contributed by atoms with Gasteiger partial charge in [-0.25, -0.2) is 0 Å². The molecule has 3 rings (SSSR count). The summed E-state index contributed by atoms with van der Waals surface area (Å²) in [5, 5.41) is 0. The number of alkyl halides is 4. The molecular weight excluding hydrogens is 405 g/mol. The van der Waals surface area contributed by atoms with Gasteiger partial charge in [0.25, 0.3) is 0 Å². The van der Waals surface area contributed by atoms with Gasteiger partial charge in [0.1, 0.15) is 16.1 Å². The van der Waals surface area contributed by atoms with Crippen molar-refractivity contribution in [2.75, 3.05) is 24.6 Å². The number of β-lactam (4-membered cyclic amide) rings is 1. The van der Waals surface area contributed by atoms with E-state index in [0.29, 0.717) is 25.2 Å². The Morgan fingerprint density at radius 1 is 1.36 bits per heavy atom. The van der Waals surface area contributed by atoms with Crippen molar-refractivity contribution in [2.45, 2.75) is 29.9 Å². The zero-order valence-electron chi connectivity index (χ0n) is 13.3. The molecule has 2 heterocycles. The van der Waals surface area contributed by atoms with E-state index < -0.39 is 23.1 Å². The zero-order valence-corrected chi connectivity index (χ0v) is 14.9. The van der Waals surface area contributed by atoms with Gasteiger partial charge in [-0.1, -0.05) is 22.0 Å². The molecule has 0 radical (unpaired) electrons. The third-order valence-electron chi connectivity index (χ3n) is 4.26. The van der Waals surface area contributed by atoms with Gasteiger partial charge >= 0.3 is 6.18 Å². The number of halogens is 4. The fourth-order valence-electron chi connectivity index (χ4n) is 3.04. The molecule has 0 aromatic heterocycles. The van der Waals surface area contributed by atoms with E-state index in [-0.39, 0.29) is 17.6 Å². The molecule has 2 fully saturated rings. The summed E-state index contributed by atoms with van der Waals surface area (Å²) >= 11 is 3.32. The summed E-state index contributed by atoms with van der Waals surface area (Å²) in [6.45, 7) is 1.21. The van der Waals surface area contributed by atoms with Gasteiger partial charge in [-0.05, 0) is 25.5 Å². The van der Waals surface area contributed by atoms with Crippen LogP contribution in [-0.2, 0) is 9.59 Å². The van der Waals surface area contributed by atoms with Crippen LogP contribution in [0, 0.1) is 0 Å². The van der Waals surface area contributed by atoms with Crippen LogP contribution in [0.15, 0.2) is 24.3 Å². The molecule has 136 valence electrons. The lowest BCUT2D eigenvalue weighted by atomic mass is 9.97. The van der Waals surface area contributed by atoms with Gasteiger partial charge in [0.05, 0.1) is 0 Å². The lowest BCUT2D eigenvalue weighted by molar-refractivity contribution is -0.153. The van der Waals surface area contributed by atoms with Crippen LogP contribution < -0.4 is 9.64 Å². The third-order valence-corrected chi connectivity index (χ3v) is 4.85. The second-order valence-corrected chi connectivity index (χ2v) is 8.08. The van der Waals surface area contributed by atoms with E-state index >= 15 is 0 Å². The van der Waals surface area contributed by atoms with Crippen LogP contribution in [0.4, 0.5) is 18.9 Å². The van der Waals surface area contributed by atoms with Crippen molar-refractivity contribution in [3.63, 3.8) is 0 Å². The van der Waals surface area contributed by atoms with Crippen LogP contribution in [0.1, 0.15) is 13.3 Å². The first-order chi connectivity index (χ1) is 11.6. The lowest BCUT2D eigenvalue weighted by Gasteiger charge is -2.45. The Morgan fingerprint density at radius 2 is 2.08 bits per heavy atom. The molecule has 2 amide bonds. The average Bonchev–Trinajstić information content (AvgIpc) is 2.91. The first-order valence-electron chi connectivity index (χ1n) is 7.69. The minimum Gasteiger partial charge on any atom is -0.484 e. The van der Waals surface area contributed by atoms with Crippen LogP contribution >= 0.6 is 15.9 Å². The van der Waals surface area contributed by atoms with Gasteiger partial charge in [-0.2, -0.15) is 13.2 Å². The normalized spacial score (nSPS) is 26.8. The first-order valence-corrected chi connectivity index (χ1v) is 8.49. The summed E-state index contributed by atoms with van der Waals surface area (Å²) in [6.07, 6.45) is -3.94. The highest BCUT2D eigenvalue weighted by molar-refractivity contribution is 9.10. The first kappa shape index (κ1) is 18.0. The molecule has 5 nitrogen and oxygen atoms in total. The molecule has 2 saturated heterocycles. The smallest absolute Gasteiger partial charge is 0.422 e. The number of likely N-dealkylation sites (tertiary alicyclic amines) is 1. The SMILES string of the molecule is CC1(Br)CN(C2CCN(c3cccc(OCC(F)(F)F)c3)C2=O)C1=O. The molecular formula is C16H16BrF3N2O3.